The van der Waals surface area contributed by atoms with Gasteiger partial charge < -0.3 is 20.1 Å². The van der Waals surface area contributed by atoms with Gasteiger partial charge >= 0.3 is 6.18 Å². The van der Waals surface area contributed by atoms with E-state index >= 15 is 0 Å². The van der Waals surface area contributed by atoms with Crippen molar-refractivity contribution in [2.75, 3.05) is 40.0 Å². The number of hydrogen-bond donors (Lipinski definition) is 2. The van der Waals surface area contributed by atoms with Crippen LogP contribution < -0.4 is 5.32 Å². The molecule has 4 rings (SSSR count). The lowest BCUT2D eigenvalue weighted by Crippen LogP contribution is -2.54. The Balaban J connectivity index is 1.64. The third-order valence-corrected chi connectivity index (χ3v) is 11.0. The van der Waals surface area contributed by atoms with Gasteiger partial charge in [-0.2, -0.15) is 17.5 Å². The van der Waals surface area contributed by atoms with Crippen molar-refractivity contribution in [1.29, 1.82) is 0 Å². The van der Waals surface area contributed by atoms with Gasteiger partial charge in [0.25, 0.3) is 0 Å². The molecule has 9 nitrogen and oxygen atoms in total. The van der Waals surface area contributed by atoms with E-state index in [1.807, 2.05) is 36.4 Å². The number of fused-ring (bicyclic) bond motifs is 5. The van der Waals surface area contributed by atoms with Crippen molar-refractivity contribution in [3.8, 4) is 0 Å². The number of methoxy groups -OCH3 is 1. The number of alkyl halides is 3. The van der Waals surface area contributed by atoms with E-state index in [0.717, 1.165) is 47.8 Å². The third kappa shape index (κ3) is 9.40. The number of carbonyl (C=O) groups excluding carboxylic acids is 1. The van der Waals surface area contributed by atoms with Crippen LogP contribution in [0.2, 0.25) is 0 Å². The predicted molar refractivity (Wildman–Crippen MR) is 167 cm³/mol. The first kappa shape index (κ1) is 35.1. The predicted octanol–water partition coefficient (Wildman–Crippen LogP) is 3.71. The maximum atomic E-state index is 13.8. The molecule has 1 aromatic carbocycles. The number of aliphatic imine (C=N–C) groups is 1. The van der Waals surface area contributed by atoms with E-state index in [-0.39, 0.29) is 37.3 Å². The standard InChI is InChI=1S/C32H45F3N4O5S/c1-38-16-9-5-8-12-28(39(2)45(42,43)17-15-32(33,34)35)31(41)37-27(18-22-10-6-4-7-11-22)30(40)21-36-26-20-29(38)24-14-13-23(44-3)19-25(24)26/h4,6-7,10-11,13-14,19,24-25,27-30,40H,5,8-9,12,15-18,20-21H2,1-3H3,(H,37,41)/t24?,25?,27-,28-,29?,30+/m0/s1. The summed E-state index contributed by atoms with van der Waals surface area (Å²) in [6.45, 7) is 0.783. The fourth-order valence-corrected chi connectivity index (χ4v) is 7.83. The highest BCUT2D eigenvalue weighted by atomic mass is 32.2. The number of amides is 1. The van der Waals surface area contributed by atoms with Crippen molar-refractivity contribution in [1.82, 2.24) is 14.5 Å². The van der Waals surface area contributed by atoms with Crippen LogP contribution in [0.4, 0.5) is 13.2 Å². The van der Waals surface area contributed by atoms with Gasteiger partial charge in [0.1, 0.15) is 11.8 Å². The van der Waals surface area contributed by atoms with Crippen molar-refractivity contribution < 1.29 is 36.2 Å². The van der Waals surface area contributed by atoms with E-state index in [2.05, 4.69) is 29.4 Å². The number of likely N-dealkylation sites (N-methyl/N-ethyl adjacent to an activating group) is 1. The number of carbonyl (C=O) groups is 1. The Bertz CT molecular complexity index is 1350. The summed E-state index contributed by atoms with van der Waals surface area (Å²) in [6.07, 6.45) is 2.07. The van der Waals surface area contributed by atoms with Crippen LogP contribution in [0.15, 0.2) is 59.3 Å². The highest BCUT2D eigenvalue weighted by Gasteiger charge is 2.42. The van der Waals surface area contributed by atoms with Crippen LogP contribution in [0.1, 0.15) is 44.1 Å². The summed E-state index contributed by atoms with van der Waals surface area (Å²) in [4.78, 5) is 20.9. The number of aliphatic hydroxyl groups is 1. The molecular formula is C32H45F3N4O5S. The van der Waals surface area contributed by atoms with Crippen LogP contribution >= 0.6 is 0 Å². The second kappa shape index (κ2) is 15.2. The van der Waals surface area contributed by atoms with Gasteiger partial charge in [-0.15, -0.1) is 0 Å². The number of aliphatic hydroxyl groups excluding tert-OH is 1. The van der Waals surface area contributed by atoms with Crippen LogP contribution in [0.5, 0.6) is 0 Å². The molecule has 0 spiro atoms. The highest BCUT2D eigenvalue weighted by Crippen LogP contribution is 2.39. The van der Waals surface area contributed by atoms with Crippen LogP contribution in [0, 0.1) is 11.8 Å². The Hall–Kier alpha value is -2.74. The minimum absolute atomic E-state index is 0.0109. The minimum atomic E-state index is -4.65. The molecule has 6 atom stereocenters. The van der Waals surface area contributed by atoms with Gasteiger partial charge in [0.2, 0.25) is 15.9 Å². The van der Waals surface area contributed by atoms with Gasteiger partial charge in [0.15, 0.2) is 0 Å². The summed E-state index contributed by atoms with van der Waals surface area (Å²) < 4.78 is 70.9. The van der Waals surface area contributed by atoms with Gasteiger partial charge in [-0.1, -0.05) is 49.2 Å². The Morgan fingerprint density at radius 2 is 1.91 bits per heavy atom. The smallest absolute Gasteiger partial charge is 0.390 e. The van der Waals surface area contributed by atoms with Gasteiger partial charge in [-0.05, 0) is 50.6 Å². The van der Waals surface area contributed by atoms with Crippen LogP contribution in [-0.4, -0.2) is 105 Å². The molecule has 1 aromatic rings. The number of allylic oxidation sites excluding steroid dienone is 2. The fraction of sp³-hybridized carbons (Fsp3) is 0.625. The average Bonchev–Trinajstić information content (AvgIpc) is 3.37. The summed E-state index contributed by atoms with van der Waals surface area (Å²) in [5.41, 5.74) is 1.79. The van der Waals surface area contributed by atoms with E-state index < -0.39 is 52.5 Å². The summed E-state index contributed by atoms with van der Waals surface area (Å²) in [6, 6.07) is 7.41. The molecule has 2 N–H and O–H groups in total. The number of hydrogen-bond acceptors (Lipinski definition) is 7. The number of nitrogens with zero attached hydrogens (tertiary/aromatic N) is 3. The van der Waals surface area contributed by atoms with Crippen molar-refractivity contribution in [2.45, 2.75) is 75.4 Å². The number of ether oxygens (including phenoxy) is 1. The lowest BCUT2D eigenvalue weighted by atomic mass is 9.88. The van der Waals surface area contributed by atoms with E-state index in [9.17, 15) is 31.5 Å². The first-order valence-corrected chi connectivity index (χ1v) is 17.1. The molecule has 0 aromatic heterocycles. The molecule has 2 bridgehead atoms. The van der Waals surface area contributed by atoms with E-state index in [4.69, 9.17) is 9.73 Å². The lowest BCUT2D eigenvalue weighted by molar-refractivity contribution is -0.130. The zero-order valence-corrected chi connectivity index (χ0v) is 26.9. The summed E-state index contributed by atoms with van der Waals surface area (Å²) in [7, 11) is 0.451. The third-order valence-electron chi connectivity index (χ3n) is 9.17. The Kier molecular flexibility index (Phi) is 11.9. The molecule has 1 amide bonds. The number of rotatable bonds is 7. The van der Waals surface area contributed by atoms with E-state index in [1.54, 1.807) is 7.11 Å². The molecular weight excluding hydrogens is 609 g/mol. The molecule has 1 fully saturated rings. The van der Waals surface area contributed by atoms with E-state index in [0.29, 0.717) is 12.8 Å². The van der Waals surface area contributed by atoms with Gasteiger partial charge in [-0.25, -0.2) is 8.42 Å². The topological polar surface area (TPSA) is 112 Å². The van der Waals surface area contributed by atoms with Crippen molar-refractivity contribution in [2.24, 2.45) is 16.8 Å². The molecule has 0 radical (unpaired) electrons. The Morgan fingerprint density at radius 3 is 2.60 bits per heavy atom. The average molecular weight is 655 g/mol. The number of benzene rings is 1. The summed E-state index contributed by atoms with van der Waals surface area (Å²) >= 11 is 0. The number of sulfonamides is 1. The molecule has 45 heavy (non-hydrogen) atoms. The van der Waals surface area contributed by atoms with E-state index in [1.165, 1.54) is 0 Å². The van der Waals surface area contributed by atoms with Crippen molar-refractivity contribution in [3.63, 3.8) is 0 Å². The maximum Gasteiger partial charge on any atom is 0.390 e. The van der Waals surface area contributed by atoms with Crippen LogP contribution in [0.25, 0.3) is 0 Å². The molecule has 1 heterocycles. The summed E-state index contributed by atoms with van der Waals surface area (Å²) in [5, 5.41) is 14.3. The zero-order valence-electron chi connectivity index (χ0n) is 26.1. The van der Waals surface area contributed by atoms with Gasteiger partial charge in [0, 0.05) is 37.1 Å². The van der Waals surface area contributed by atoms with Crippen molar-refractivity contribution >= 4 is 21.6 Å². The Morgan fingerprint density at radius 1 is 1.18 bits per heavy atom. The molecule has 1 aliphatic heterocycles. The quantitative estimate of drug-likeness (QED) is 0.464. The monoisotopic (exact) mass is 654 g/mol. The zero-order chi connectivity index (χ0) is 32.8. The van der Waals surface area contributed by atoms with Gasteiger partial charge in [0.05, 0.1) is 38.0 Å². The second-order valence-corrected chi connectivity index (χ2v) is 14.4. The number of halogens is 3. The lowest BCUT2D eigenvalue weighted by Gasteiger charge is -2.31. The Labute approximate surface area is 264 Å². The van der Waals surface area contributed by atoms with Crippen LogP contribution in [-0.2, 0) is 26.0 Å². The first-order chi connectivity index (χ1) is 21.3. The molecule has 3 aliphatic rings. The van der Waals surface area contributed by atoms with Crippen LogP contribution in [0.3, 0.4) is 0 Å². The largest absolute Gasteiger partial charge is 0.497 e. The SMILES string of the molecule is COC1=CC2C3=NC[C@@H](O)[C@H](Cc4ccccc4)NC(=O)[C@@H](N(C)S(=O)(=O)CCC(F)(F)F)CCCCCN(C)C(C3)C2C=C1. The first-order valence-electron chi connectivity index (χ1n) is 15.5. The van der Waals surface area contributed by atoms with Crippen molar-refractivity contribution in [3.05, 3.63) is 59.9 Å². The fourth-order valence-electron chi connectivity index (χ4n) is 6.47. The molecule has 250 valence electrons. The van der Waals surface area contributed by atoms with Gasteiger partial charge in [-0.3, -0.25) is 9.79 Å². The second-order valence-electron chi connectivity index (χ2n) is 12.3. The normalized spacial score (nSPS) is 29.1. The molecule has 0 saturated heterocycles. The molecule has 1 saturated carbocycles. The molecule has 2 aliphatic carbocycles. The summed E-state index contributed by atoms with van der Waals surface area (Å²) in [5.74, 6) is -0.834. The highest BCUT2D eigenvalue weighted by molar-refractivity contribution is 7.89. The minimum Gasteiger partial charge on any atom is -0.497 e. The molecule has 13 heteroatoms. The number of nitrogens with one attached hydrogen (secondary N) is 1. The maximum absolute atomic E-state index is 13.8. The molecule has 3 unspecified atom stereocenters.